The fourth-order valence-corrected chi connectivity index (χ4v) is 5.68. The van der Waals surface area contributed by atoms with Crippen LogP contribution in [0.4, 0.5) is 5.69 Å². The zero-order chi connectivity index (χ0) is 21.8. The lowest BCUT2D eigenvalue weighted by molar-refractivity contribution is -0.120. The number of para-hydroxylation sites is 1. The van der Waals surface area contributed by atoms with Gasteiger partial charge in [-0.3, -0.25) is 4.79 Å². The lowest BCUT2D eigenvalue weighted by Gasteiger charge is -2.31. The molecule has 1 amide bonds. The normalized spacial score (nSPS) is 15.6. The first-order valence-corrected chi connectivity index (χ1v) is 12.0. The molecule has 6 nitrogen and oxygen atoms in total. The molecule has 3 aromatic rings. The Kier molecular flexibility index (Phi) is 6.25. The van der Waals surface area contributed by atoms with Crippen LogP contribution < -0.4 is 10.1 Å². The number of nitrogens with zero attached hydrogens (tertiary/aromatic N) is 1. The third-order valence-electron chi connectivity index (χ3n) is 5.63. The first-order chi connectivity index (χ1) is 15.0. The second kappa shape index (κ2) is 9.08. The molecule has 0 aliphatic carbocycles. The van der Waals surface area contributed by atoms with Crippen LogP contribution in [0.25, 0.3) is 10.8 Å². The minimum atomic E-state index is -3.68. The Labute approximate surface area is 182 Å². The van der Waals surface area contributed by atoms with Crippen LogP contribution in [-0.4, -0.2) is 38.3 Å². The number of rotatable bonds is 6. The summed E-state index contributed by atoms with van der Waals surface area (Å²) in [5, 5.41) is 4.35. The van der Waals surface area contributed by atoms with Gasteiger partial charge in [0.1, 0.15) is 5.75 Å². The van der Waals surface area contributed by atoms with Crippen molar-refractivity contribution in [2.75, 3.05) is 25.0 Å². The molecule has 0 atom stereocenters. The lowest BCUT2D eigenvalue weighted by Crippen LogP contribution is -2.41. The molecule has 1 aliphatic heterocycles. The predicted molar refractivity (Wildman–Crippen MR) is 122 cm³/mol. The van der Waals surface area contributed by atoms with Crippen molar-refractivity contribution in [2.45, 2.75) is 24.7 Å². The Balaban J connectivity index is 1.51. The summed E-state index contributed by atoms with van der Waals surface area (Å²) in [6, 6.07) is 20.0. The molecule has 162 valence electrons. The number of carbonyl (C=O) groups excluding carboxylic acids is 1. The molecular formula is C24H26N2O4S. The van der Waals surface area contributed by atoms with E-state index >= 15 is 0 Å². The molecule has 7 heteroatoms. The van der Waals surface area contributed by atoms with Crippen LogP contribution >= 0.6 is 0 Å². The molecule has 31 heavy (non-hydrogen) atoms. The summed E-state index contributed by atoms with van der Waals surface area (Å²) in [6.45, 7) is 3.04. The van der Waals surface area contributed by atoms with Gasteiger partial charge in [0.2, 0.25) is 15.9 Å². The molecule has 1 N–H and O–H groups in total. The van der Waals surface area contributed by atoms with E-state index in [1.807, 2.05) is 61.5 Å². The van der Waals surface area contributed by atoms with Gasteiger partial charge < -0.3 is 10.1 Å². The van der Waals surface area contributed by atoms with E-state index in [0.29, 0.717) is 43.7 Å². The van der Waals surface area contributed by atoms with Crippen molar-refractivity contribution in [1.82, 2.24) is 4.31 Å². The molecular weight excluding hydrogens is 412 g/mol. The van der Waals surface area contributed by atoms with Crippen molar-refractivity contribution in [3.8, 4) is 5.75 Å². The summed E-state index contributed by atoms with van der Waals surface area (Å²) in [4.78, 5) is 12.9. The molecule has 4 rings (SSSR count). The van der Waals surface area contributed by atoms with Crippen LogP contribution in [0, 0.1) is 5.92 Å². The third-order valence-corrected chi connectivity index (χ3v) is 7.58. The fraction of sp³-hybridized carbons (Fsp3) is 0.292. The number of piperidine rings is 1. The van der Waals surface area contributed by atoms with Crippen LogP contribution in [0.15, 0.2) is 71.6 Å². The molecule has 0 saturated carbocycles. The molecule has 1 aliphatic rings. The van der Waals surface area contributed by atoms with E-state index < -0.39 is 10.0 Å². The SMILES string of the molecule is CCOc1ccc(S(=O)(=O)N2CCC(C(=O)Nc3ccccc3)CC2)c2ccccc12. The van der Waals surface area contributed by atoms with Gasteiger partial charge in [-0.25, -0.2) is 8.42 Å². The van der Waals surface area contributed by atoms with E-state index in [9.17, 15) is 13.2 Å². The minimum Gasteiger partial charge on any atom is -0.493 e. The van der Waals surface area contributed by atoms with E-state index in [-0.39, 0.29) is 16.7 Å². The van der Waals surface area contributed by atoms with E-state index in [0.717, 1.165) is 11.1 Å². The van der Waals surface area contributed by atoms with Crippen LogP contribution in [0.2, 0.25) is 0 Å². The van der Waals surface area contributed by atoms with Gasteiger partial charge in [0, 0.05) is 35.5 Å². The average Bonchev–Trinajstić information content (AvgIpc) is 2.80. The van der Waals surface area contributed by atoms with E-state index in [4.69, 9.17) is 4.74 Å². The number of fused-ring (bicyclic) bond motifs is 1. The predicted octanol–water partition coefficient (Wildman–Crippen LogP) is 4.28. The van der Waals surface area contributed by atoms with E-state index in [1.165, 1.54) is 4.31 Å². The minimum absolute atomic E-state index is 0.0604. The number of anilines is 1. The highest BCUT2D eigenvalue weighted by atomic mass is 32.2. The first kappa shape index (κ1) is 21.3. The molecule has 1 fully saturated rings. The number of hydrogen-bond donors (Lipinski definition) is 1. The zero-order valence-corrected chi connectivity index (χ0v) is 18.3. The van der Waals surface area contributed by atoms with E-state index in [2.05, 4.69) is 5.32 Å². The van der Waals surface area contributed by atoms with Crippen molar-refractivity contribution >= 4 is 32.4 Å². The number of ether oxygens (including phenoxy) is 1. The summed E-state index contributed by atoms with van der Waals surface area (Å²) in [5.41, 5.74) is 0.753. The highest BCUT2D eigenvalue weighted by Gasteiger charge is 2.33. The third kappa shape index (κ3) is 4.43. The smallest absolute Gasteiger partial charge is 0.243 e. The van der Waals surface area contributed by atoms with Crippen LogP contribution in [0.1, 0.15) is 19.8 Å². The largest absolute Gasteiger partial charge is 0.493 e. The Morgan fingerprint density at radius 2 is 1.61 bits per heavy atom. The lowest BCUT2D eigenvalue weighted by atomic mass is 9.97. The number of nitrogens with one attached hydrogen (secondary N) is 1. The Hall–Kier alpha value is -2.90. The Morgan fingerprint density at radius 3 is 2.29 bits per heavy atom. The van der Waals surface area contributed by atoms with Crippen molar-refractivity contribution in [3.63, 3.8) is 0 Å². The second-order valence-electron chi connectivity index (χ2n) is 7.57. The maximum Gasteiger partial charge on any atom is 0.243 e. The number of sulfonamides is 1. The fourth-order valence-electron chi connectivity index (χ4n) is 4.01. The van der Waals surface area contributed by atoms with Crippen molar-refractivity contribution < 1.29 is 17.9 Å². The quantitative estimate of drug-likeness (QED) is 0.623. The highest BCUT2D eigenvalue weighted by molar-refractivity contribution is 7.89. The van der Waals surface area contributed by atoms with E-state index in [1.54, 1.807) is 12.1 Å². The first-order valence-electron chi connectivity index (χ1n) is 10.5. The zero-order valence-electron chi connectivity index (χ0n) is 17.5. The summed E-state index contributed by atoms with van der Waals surface area (Å²) < 4.78 is 34.0. The number of hydrogen-bond acceptors (Lipinski definition) is 4. The second-order valence-corrected chi connectivity index (χ2v) is 9.48. The average molecular weight is 439 g/mol. The van der Waals surface area contributed by atoms with Gasteiger partial charge in [-0.2, -0.15) is 4.31 Å². The Bertz CT molecular complexity index is 1170. The van der Waals surface area contributed by atoms with Crippen molar-refractivity contribution in [1.29, 1.82) is 0 Å². The molecule has 0 radical (unpaired) electrons. The van der Waals surface area contributed by atoms with Crippen molar-refractivity contribution in [3.05, 3.63) is 66.7 Å². The van der Waals surface area contributed by atoms with Gasteiger partial charge in [0.15, 0.2) is 0 Å². The molecule has 0 unspecified atom stereocenters. The maximum absolute atomic E-state index is 13.4. The van der Waals surface area contributed by atoms with Gasteiger partial charge in [-0.1, -0.05) is 42.5 Å². The maximum atomic E-state index is 13.4. The summed E-state index contributed by atoms with van der Waals surface area (Å²) in [6.07, 6.45) is 0.986. The van der Waals surface area contributed by atoms with Gasteiger partial charge in [0.25, 0.3) is 0 Å². The van der Waals surface area contributed by atoms with Crippen LogP contribution in [0.3, 0.4) is 0 Å². The molecule has 0 aromatic heterocycles. The van der Waals surface area contributed by atoms with Crippen LogP contribution in [-0.2, 0) is 14.8 Å². The topological polar surface area (TPSA) is 75.7 Å². The molecule has 0 spiro atoms. The summed E-state index contributed by atoms with van der Waals surface area (Å²) in [7, 11) is -3.68. The van der Waals surface area contributed by atoms with Gasteiger partial charge in [-0.05, 0) is 44.0 Å². The van der Waals surface area contributed by atoms with Gasteiger partial charge in [0.05, 0.1) is 11.5 Å². The number of benzene rings is 3. The van der Waals surface area contributed by atoms with Gasteiger partial charge >= 0.3 is 0 Å². The molecule has 3 aromatic carbocycles. The highest BCUT2D eigenvalue weighted by Crippen LogP contribution is 2.34. The molecule has 1 heterocycles. The standard InChI is InChI=1S/C24H26N2O4S/c1-2-30-22-12-13-23(21-11-7-6-10-20(21)22)31(28,29)26-16-14-18(15-17-26)24(27)25-19-8-4-3-5-9-19/h3-13,18H,2,14-17H2,1H3,(H,25,27). The monoisotopic (exact) mass is 438 g/mol. The van der Waals surface area contributed by atoms with Gasteiger partial charge in [-0.15, -0.1) is 0 Å². The number of amides is 1. The van der Waals surface area contributed by atoms with Crippen LogP contribution in [0.5, 0.6) is 5.75 Å². The summed E-state index contributed by atoms with van der Waals surface area (Å²) >= 11 is 0. The molecule has 0 bridgehead atoms. The number of carbonyl (C=O) groups is 1. The summed E-state index contributed by atoms with van der Waals surface area (Å²) in [5.74, 6) is 0.409. The van der Waals surface area contributed by atoms with Crippen molar-refractivity contribution in [2.24, 2.45) is 5.92 Å². The Morgan fingerprint density at radius 1 is 0.968 bits per heavy atom. The molecule has 1 saturated heterocycles.